The lowest BCUT2D eigenvalue weighted by Crippen LogP contribution is -2.37. The van der Waals surface area contributed by atoms with Gasteiger partial charge >= 0.3 is 0 Å². The molecule has 0 heterocycles. The molecule has 0 spiro atoms. The summed E-state index contributed by atoms with van der Waals surface area (Å²) in [4.78, 5) is 11.8. The fraction of sp³-hybridized carbons (Fsp3) is 0.417. The molecule has 0 unspecified atom stereocenters. The van der Waals surface area contributed by atoms with Gasteiger partial charge in [-0.1, -0.05) is 18.2 Å². The van der Waals surface area contributed by atoms with Gasteiger partial charge in [0.05, 0.1) is 5.41 Å². The first-order valence-electron chi connectivity index (χ1n) is 5.04. The number of hydrogen-bond donors (Lipinski definition) is 2. The summed E-state index contributed by atoms with van der Waals surface area (Å²) in [6.07, 6.45) is 0. The second kappa shape index (κ2) is 5.87. The summed E-state index contributed by atoms with van der Waals surface area (Å²) in [6.45, 7) is 5.97. The minimum atomic E-state index is -0.526. The summed E-state index contributed by atoms with van der Waals surface area (Å²) in [5, 5.41) is 2.88. The predicted molar refractivity (Wildman–Crippen MR) is 69.9 cm³/mol. The second-order valence-corrected chi connectivity index (χ2v) is 4.36. The molecule has 0 aliphatic rings. The SMILES string of the molecule is Cc1ccccc1NC(=O)C(C)(C)CN.Cl. The van der Waals surface area contributed by atoms with Crippen LogP contribution in [-0.4, -0.2) is 12.5 Å². The summed E-state index contributed by atoms with van der Waals surface area (Å²) >= 11 is 0. The number of anilines is 1. The van der Waals surface area contributed by atoms with E-state index in [0.29, 0.717) is 6.54 Å². The van der Waals surface area contributed by atoms with E-state index in [9.17, 15) is 4.79 Å². The van der Waals surface area contributed by atoms with Crippen LogP contribution in [0.15, 0.2) is 24.3 Å². The number of carbonyl (C=O) groups is 1. The van der Waals surface area contributed by atoms with Gasteiger partial charge in [-0.15, -0.1) is 12.4 Å². The smallest absolute Gasteiger partial charge is 0.231 e. The molecule has 90 valence electrons. The maximum Gasteiger partial charge on any atom is 0.231 e. The topological polar surface area (TPSA) is 55.1 Å². The van der Waals surface area contributed by atoms with Crippen LogP contribution in [-0.2, 0) is 4.79 Å². The van der Waals surface area contributed by atoms with Gasteiger partial charge in [0.2, 0.25) is 5.91 Å². The molecule has 0 atom stereocenters. The number of benzene rings is 1. The highest BCUT2D eigenvalue weighted by Gasteiger charge is 2.25. The molecule has 3 N–H and O–H groups in total. The average molecular weight is 243 g/mol. The van der Waals surface area contributed by atoms with E-state index in [4.69, 9.17) is 5.73 Å². The van der Waals surface area contributed by atoms with Crippen molar-refractivity contribution in [3.63, 3.8) is 0 Å². The van der Waals surface area contributed by atoms with E-state index in [1.165, 1.54) is 0 Å². The number of nitrogens with two attached hydrogens (primary N) is 1. The van der Waals surface area contributed by atoms with Crippen LogP contribution in [0.4, 0.5) is 5.69 Å². The molecule has 1 aromatic carbocycles. The highest BCUT2D eigenvalue weighted by molar-refractivity contribution is 5.95. The first-order chi connectivity index (χ1) is 6.97. The van der Waals surface area contributed by atoms with Crippen LogP contribution in [0.3, 0.4) is 0 Å². The molecule has 3 nitrogen and oxygen atoms in total. The molecule has 4 heteroatoms. The Labute approximate surface area is 103 Å². The van der Waals surface area contributed by atoms with E-state index in [0.717, 1.165) is 11.3 Å². The maximum absolute atomic E-state index is 11.8. The van der Waals surface area contributed by atoms with E-state index in [2.05, 4.69) is 5.32 Å². The zero-order valence-electron chi connectivity index (χ0n) is 9.91. The van der Waals surface area contributed by atoms with Crippen molar-refractivity contribution in [2.75, 3.05) is 11.9 Å². The Morgan fingerprint density at radius 3 is 2.44 bits per heavy atom. The van der Waals surface area contributed by atoms with Crippen LogP contribution >= 0.6 is 12.4 Å². The van der Waals surface area contributed by atoms with E-state index in [1.807, 2.05) is 45.0 Å². The molecule has 1 rings (SSSR count). The van der Waals surface area contributed by atoms with Crippen molar-refractivity contribution < 1.29 is 4.79 Å². The third kappa shape index (κ3) is 3.51. The number of carbonyl (C=O) groups excluding carboxylic acids is 1. The predicted octanol–water partition coefficient (Wildman–Crippen LogP) is 2.34. The van der Waals surface area contributed by atoms with Crippen LogP contribution in [0.2, 0.25) is 0 Å². The van der Waals surface area contributed by atoms with Gasteiger partial charge in [0.15, 0.2) is 0 Å². The lowest BCUT2D eigenvalue weighted by molar-refractivity contribution is -0.123. The van der Waals surface area contributed by atoms with E-state index < -0.39 is 5.41 Å². The lowest BCUT2D eigenvalue weighted by atomic mass is 9.92. The quantitative estimate of drug-likeness (QED) is 0.855. The molecule has 0 aliphatic carbocycles. The van der Waals surface area contributed by atoms with Crippen LogP contribution in [0.25, 0.3) is 0 Å². The van der Waals surface area contributed by atoms with Gasteiger partial charge in [0.25, 0.3) is 0 Å². The summed E-state index contributed by atoms with van der Waals surface area (Å²) in [5.41, 5.74) is 6.92. The Morgan fingerprint density at radius 1 is 1.38 bits per heavy atom. The molecule has 0 bridgehead atoms. The normalized spacial score (nSPS) is 10.5. The lowest BCUT2D eigenvalue weighted by Gasteiger charge is -2.21. The van der Waals surface area contributed by atoms with Gasteiger partial charge in [-0.25, -0.2) is 0 Å². The third-order valence-electron chi connectivity index (χ3n) is 2.52. The van der Waals surface area contributed by atoms with E-state index >= 15 is 0 Å². The van der Waals surface area contributed by atoms with Crippen molar-refractivity contribution in [3.05, 3.63) is 29.8 Å². The van der Waals surface area contributed by atoms with Crippen molar-refractivity contribution >= 4 is 24.0 Å². The van der Waals surface area contributed by atoms with Crippen molar-refractivity contribution in [2.24, 2.45) is 11.1 Å². The summed E-state index contributed by atoms with van der Waals surface area (Å²) in [5.74, 6) is -0.0423. The average Bonchev–Trinajstić information content (AvgIpc) is 2.21. The fourth-order valence-electron chi connectivity index (χ4n) is 1.10. The van der Waals surface area contributed by atoms with Gasteiger partial charge in [-0.2, -0.15) is 0 Å². The van der Waals surface area contributed by atoms with Gasteiger partial charge in [0, 0.05) is 12.2 Å². The molecule has 1 amide bonds. The van der Waals surface area contributed by atoms with Crippen molar-refractivity contribution in [3.8, 4) is 0 Å². The van der Waals surface area contributed by atoms with Crippen molar-refractivity contribution in [2.45, 2.75) is 20.8 Å². The fourth-order valence-corrected chi connectivity index (χ4v) is 1.10. The van der Waals surface area contributed by atoms with Gasteiger partial charge in [-0.3, -0.25) is 4.79 Å². The Bertz CT molecular complexity index is 364. The number of para-hydroxylation sites is 1. The highest BCUT2D eigenvalue weighted by atomic mass is 35.5. The van der Waals surface area contributed by atoms with Crippen molar-refractivity contribution in [1.29, 1.82) is 0 Å². The Hall–Kier alpha value is -1.06. The van der Waals surface area contributed by atoms with Crippen LogP contribution < -0.4 is 11.1 Å². The second-order valence-electron chi connectivity index (χ2n) is 4.36. The third-order valence-corrected chi connectivity index (χ3v) is 2.52. The molecule has 0 saturated carbocycles. The van der Waals surface area contributed by atoms with Gasteiger partial charge in [0.1, 0.15) is 0 Å². The molecule has 0 fully saturated rings. The Kier molecular flexibility index (Phi) is 5.48. The molecule has 0 saturated heterocycles. The first-order valence-corrected chi connectivity index (χ1v) is 5.04. The minimum absolute atomic E-state index is 0. The van der Waals surface area contributed by atoms with Crippen LogP contribution in [0, 0.1) is 12.3 Å². The Balaban J connectivity index is 0.00000225. The Morgan fingerprint density at radius 2 is 1.94 bits per heavy atom. The molecule has 1 aromatic rings. The van der Waals surface area contributed by atoms with Crippen LogP contribution in [0.5, 0.6) is 0 Å². The van der Waals surface area contributed by atoms with E-state index in [-0.39, 0.29) is 18.3 Å². The zero-order valence-corrected chi connectivity index (χ0v) is 10.7. The minimum Gasteiger partial charge on any atom is -0.329 e. The largest absolute Gasteiger partial charge is 0.329 e. The first kappa shape index (κ1) is 14.9. The van der Waals surface area contributed by atoms with E-state index in [1.54, 1.807) is 0 Å². The number of aryl methyl sites for hydroxylation is 1. The number of rotatable bonds is 3. The molecular formula is C12H19ClN2O. The standard InChI is InChI=1S/C12H18N2O.ClH/c1-9-6-4-5-7-10(9)14-11(15)12(2,3)8-13;/h4-7H,8,13H2,1-3H3,(H,14,15);1H. The van der Waals surface area contributed by atoms with Crippen molar-refractivity contribution in [1.82, 2.24) is 0 Å². The summed E-state index contributed by atoms with van der Waals surface area (Å²) < 4.78 is 0. The number of amides is 1. The molecular weight excluding hydrogens is 224 g/mol. The number of nitrogens with one attached hydrogen (secondary N) is 1. The summed E-state index contributed by atoms with van der Waals surface area (Å²) in [7, 11) is 0. The molecule has 0 radical (unpaired) electrons. The van der Waals surface area contributed by atoms with Gasteiger partial charge in [-0.05, 0) is 32.4 Å². The van der Waals surface area contributed by atoms with Crippen LogP contribution in [0.1, 0.15) is 19.4 Å². The summed E-state index contributed by atoms with van der Waals surface area (Å²) in [6, 6.07) is 7.70. The monoisotopic (exact) mass is 242 g/mol. The molecule has 0 aromatic heterocycles. The zero-order chi connectivity index (χ0) is 11.5. The van der Waals surface area contributed by atoms with Gasteiger partial charge < -0.3 is 11.1 Å². The molecule has 16 heavy (non-hydrogen) atoms. The highest BCUT2D eigenvalue weighted by Crippen LogP contribution is 2.19. The number of halogens is 1. The molecule has 0 aliphatic heterocycles. The maximum atomic E-state index is 11.8. The number of hydrogen-bond acceptors (Lipinski definition) is 2.